The number of hydrogen-bond donors (Lipinski definition) is 2. The molecule has 0 aromatic rings. The number of carbonyl (C=O) groups is 2. The third-order valence-corrected chi connectivity index (χ3v) is 23.8. The van der Waals surface area contributed by atoms with Crippen molar-refractivity contribution >= 4 is 11.6 Å². The van der Waals surface area contributed by atoms with E-state index < -0.39 is 0 Å². The standard InChI is InChI=1S/C21H32O2.C21H32O.C8H14O.2C8H14/c1-13(22)17-6-7-18-16-5-4-14-12-15(23)8-10-20(14,2)19(16)9-11-21(17,18)3;1-4-14-6-8-18-17-7-5-15-13-16(22)9-11-21(15,3)19(17)10-12-20(14,18)2;1-6-4-3-5-8(6)7(2)9;2*1-3-8-6-4-5-7(8)2/h4,15-19,23H,5-12H2,1-3H3;4-5,14,16-19,22H,1,6-13H2,2-3H3;6,8H,3-5H2,1-2H3;2*3,7-8H,1,4-6H2,2H3/t15-,16?,17+,18?,19?,20-,21+;14-,16-,17?,18?,19?,20+,21-;6-,8+;7-,8?;7-,8+/m00111/s1. The molecule has 2 N–H and O–H groups in total. The molecule has 394 valence electrons. The Labute approximate surface area is 430 Å². The van der Waals surface area contributed by atoms with Gasteiger partial charge in [-0.3, -0.25) is 9.59 Å². The monoisotopic (exact) mass is 963 g/mol. The summed E-state index contributed by atoms with van der Waals surface area (Å²) < 4.78 is 0. The van der Waals surface area contributed by atoms with Crippen molar-refractivity contribution in [3.63, 3.8) is 0 Å². The summed E-state index contributed by atoms with van der Waals surface area (Å²) >= 11 is 0. The summed E-state index contributed by atoms with van der Waals surface area (Å²) in [5.74, 6) is 11.3. The van der Waals surface area contributed by atoms with Gasteiger partial charge >= 0.3 is 0 Å². The van der Waals surface area contributed by atoms with Gasteiger partial charge in [-0.05, 0) is 235 Å². The van der Waals surface area contributed by atoms with Gasteiger partial charge in [-0.25, -0.2) is 0 Å². The lowest BCUT2D eigenvalue weighted by Crippen LogP contribution is -2.50. The molecular formula is C66H106O4. The first kappa shape index (κ1) is 55.7. The molecule has 20 atom stereocenters. The zero-order chi connectivity index (χ0) is 50.8. The predicted octanol–water partition coefficient (Wildman–Crippen LogP) is 16.9. The molecule has 0 bridgehead atoms. The fraction of sp³-hybridized carbons (Fsp3) is 0.818. The molecule has 9 fully saturated rings. The normalized spacial score (nSPS) is 47.2. The first-order chi connectivity index (χ1) is 33.2. The quantitative estimate of drug-likeness (QED) is 0.269. The van der Waals surface area contributed by atoms with E-state index in [1.807, 2.05) is 6.92 Å². The molecule has 0 spiro atoms. The molecule has 7 unspecified atom stereocenters. The molecule has 0 aromatic carbocycles. The second-order valence-corrected chi connectivity index (χ2v) is 27.3. The summed E-state index contributed by atoms with van der Waals surface area (Å²) in [6, 6.07) is 0. The maximum atomic E-state index is 12.2. The zero-order valence-electron chi connectivity index (χ0n) is 46.6. The van der Waals surface area contributed by atoms with Crippen molar-refractivity contribution in [3.8, 4) is 0 Å². The smallest absolute Gasteiger partial charge is 0.133 e. The van der Waals surface area contributed by atoms with Crippen molar-refractivity contribution in [1.82, 2.24) is 0 Å². The van der Waals surface area contributed by atoms with Crippen molar-refractivity contribution < 1.29 is 19.8 Å². The van der Waals surface area contributed by atoms with Crippen LogP contribution < -0.4 is 0 Å². The average Bonchev–Trinajstić information content (AvgIpc) is 4.18. The Morgan fingerprint density at radius 1 is 0.514 bits per heavy atom. The lowest BCUT2D eigenvalue weighted by Gasteiger charge is -2.58. The molecular weight excluding hydrogens is 857 g/mol. The van der Waals surface area contributed by atoms with Gasteiger partial charge in [0.1, 0.15) is 11.6 Å². The molecule has 4 heteroatoms. The Bertz CT molecular complexity index is 1870. The second kappa shape index (κ2) is 23.2. The molecule has 0 aliphatic heterocycles. The van der Waals surface area contributed by atoms with E-state index >= 15 is 0 Å². The molecule has 0 radical (unpaired) electrons. The van der Waals surface area contributed by atoms with Gasteiger partial charge in [0.2, 0.25) is 0 Å². The first-order valence-corrected chi connectivity index (χ1v) is 29.9. The van der Waals surface area contributed by atoms with Gasteiger partial charge in [0, 0.05) is 11.8 Å². The van der Waals surface area contributed by atoms with E-state index in [0.29, 0.717) is 45.6 Å². The minimum absolute atomic E-state index is 0.0821. The van der Waals surface area contributed by atoms with Crippen LogP contribution in [0.25, 0.3) is 0 Å². The van der Waals surface area contributed by atoms with Gasteiger partial charge in [0.15, 0.2) is 0 Å². The van der Waals surface area contributed by atoms with E-state index in [1.54, 1.807) is 18.1 Å². The highest BCUT2D eigenvalue weighted by Gasteiger charge is 2.60. The maximum absolute atomic E-state index is 12.2. The Morgan fingerprint density at radius 3 is 1.36 bits per heavy atom. The van der Waals surface area contributed by atoms with Gasteiger partial charge in [-0.15, -0.1) is 19.7 Å². The molecule has 11 rings (SSSR count). The molecule has 0 heterocycles. The number of hydrogen-bond acceptors (Lipinski definition) is 4. The van der Waals surface area contributed by atoms with Crippen molar-refractivity contribution in [2.45, 2.75) is 235 Å². The number of carbonyl (C=O) groups excluding carboxylic acids is 2. The number of allylic oxidation sites excluding steroid dienone is 5. The van der Waals surface area contributed by atoms with E-state index in [4.69, 9.17) is 0 Å². The van der Waals surface area contributed by atoms with Gasteiger partial charge in [-0.2, -0.15) is 0 Å². The minimum atomic E-state index is -0.117. The molecule has 0 aromatic heterocycles. The highest BCUT2D eigenvalue weighted by atomic mass is 16.3. The highest BCUT2D eigenvalue weighted by molar-refractivity contribution is 5.79. The zero-order valence-corrected chi connectivity index (χ0v) is 46.6. The summed E-state index contributed by atoms with van der Waals surface area (Å²) in [5, 5.41) is 20.1. The number of aliphatic hydroxyl groups is 2. The van der Waals surface area contributed by atoms with Crippen LogP contribution in [0.5, 0.6) is 0 Å². The van der Waals surface area contributed by atoms with E-state index in [0.717, 1.165) is 110 Å². The first-order valence-electron chi connectivity index (χ1n) is 29.9. The number of Topliss-reactive ketones (excluding diaryl/α,β-unsaturated/α-hetero) is 2. The van der Waals surface area contributed by atoms with Crippen LogP contribution in [-0.4, -0.2) is 34.0 Å². The van der Waals surface area contributed by atoms with Crippen LogP contribution in [0.4, 0.5) is 0 Å². The average molecular weight is 964 g/mol. The lowest BCUT2D eigenvalue weighted by molar-refractivity contribution is -0.127. The summed E-state index contributed by atoms with van der Waals surface area (Å²) in [6.45, 7) is 32.0. The topological polar surface area (TPSA) is 74.6 Å². The molecule has 70 heavy (non-hydrogen) atoms. The third-order valence-electron chi connectivity index (χ3n) is 23.8. The van der Waals surface area contributed by atoms with Crippen LogP contribution in [0, 0.1) is 105 Å². The van der Waals surface area contributed by atoms with E-state index in [2.05, 4.69) is 98.6 Å². The van der Waals surface area contributed by atoms with Crippen LogP contribution in [0.2, 0.25) is 0 Å². The second-order valence-electron chi connectivity index (χ2n) is 27.3. The summed E-state index contributed by atoms with van der Waals surface area (Å²) in [6.07, 6.45) is 42.4. The lowest BCUT2D eigenvalue weighted by atomic mass is 9.47. The molecule has 11 aliphatic rings. The molecule has 11 aliphatic carbocycles. The fourth-order valence-electron chi connectivity index (χ4n) is 19.2. The summed E-state index contributed by atoms with van der Waals surface area (Å²) in [4.78, 5) is 23.0. The molecule has 9 saturated carbocycles. The van der Waals surface area contributed by atoms with Gasteiger partial charge < -0.3 is 10.2 Å². The molecule has 0 saturated heterocycles. The molecule has 0 amide bonds. The number of rotatable bonds is 5. The van der Waals surface area contributed by atoms with Crippen molar-refractivity contribution in [1.29, 1.82) is 0 Å². The summed E-state index contributed by atoms with van der Waals surface area (Å²) in [5.41, 5.74) is 4.60. The van der Waals surface area contributed by atoms with Crippen LogP contribution in [0.15, 0.2) is 61.3 Å². The SMILES string of the molecule is C=CC1CCC[C@H]1C.C=C[C@H]1CCC2C3CC=C4C[C@@H](O)CC[C@]4(C)C3CC[C@@]21C.C=C[C@H]1CCC[C@H]1C.CC(=O)[C@H]1CCC2C3CC=C4C[C@@H](O)CC[C@]4(C)C3CC[C@@]21C.CC(=O)[C@H]1CCC[C@H]1C. The Morgan fingerprint density at radius 2 is 0.971 bits per heavy atom. The van der Waals surface area contributed by atoms with Crippen LogP contribution >= 0.6 is 0 Å². The van der Waals surface area contributed by atoms with Crippen LogP contribution in [-0.2, 0) is 9.59 Å². The van der Waals surface area contributed by atoms with Gasteiger partial charge in [0.05, 0.1) is 12.2 Å². The van der Waals surface area contributed by atoms with Crippen molar-refractivity contribution in [2.24, 2.45) is 105 Å². The number of aliphatic hydroxyl groups excluding tert-OH is 2. The molecule has 4 nitrogen and oxygen atoms in total. The van der Waals surface area contributed by atoms with Crippen LogP contribution in [0.3, 0.4) is 0 Å². The van der Waals surface area contributed by atoms with E-state index in [1.165, 1.54) is 116 Å². The minimum Gasteiger partial charge on any atom is -0.393 e. The van der Waals surface area contributed by atoms with Crippen LogP contribution in [0.1, 0.15) is 223 Å². The van der Waals surface area contributed by atoms with Gasteiger partial charge in [-0.1, -0.05) is 122 Å². The van der Waals surface area contributed by atoms with E-state index in [9.17, 15) is 19.8 Å². The fourth-order valence-corrected chi connectivity index (χ4v) is 19.2. The van der Waals surface area contributed by atoms with Gasteiger partial charge in [0.25, 0.3) is 0 Å². The van der Waals surface area contributed by atoms with Crippen molar-refractivity contribution in [3.05, 3.63) is 61.3 Å². The number of ketones is 2. The highest BCUT2D eigenvalue weighted by Crippen LogP contribution is 2.68. The number of fused-ring (bicyclic) bond motifs is 10. The summed E-state index contributed by atoms with van der Waals surface area (Å²) in [7, 11) is 0. The Hall–Kier alpha value is -2.04. The predicted molar refractivity (Wildman–Crippen MR) is 294 cm³/mol. The third kappa shape index (κ3) is 11.2. The van der Waals surface area contributed by atoms with E-state index in [-0.39, 0.29) is 17.6 Å². The Balaban J connectivity index is 0.000000141. The maximum Gasteiger partial charge on any atom is 0.133 e. The van der Waals surface area contributed by atoms with Crippen molar-refractivity contribution in [2.75, 3.05) is 0 Å². The Kier molecular flexibility index (Phi) is 18.5. The largest absolute Gasteiger partial charge is 0.393 e.